The van der Waals surface area contributed by atoms with Crippen LogP contribution in [0.2, 0.25) is 0 Å². The first-order chi connectivity index (χ1) is 10.0. The fourth-order valence-electron chi connectivity index (χ4n) is 2.11. The average Bonchev–Trinajstić information content (AvgIpc) is 2.49. The molecule has 1 rings (SSSR count). The minimum Gasteiger partial charge on any atom is -0.354 e. The van der Waals surface area contributed by atoms with Gasteiger partial charge in [-0.3, -0.25) is 4.79 Å². The normalized spacial score (nSPS) is 13.2. The van der Waals surface area contributed by atoms with Crippen LogP contribution in [0, 0.1) is 5.92 Å². The number of hydrogen-bond donors (Lipinski definition) is 3. The van der Waals surface area contributed by atoms with Gasteiger partial charge in [0, 0.05) is 6.54 Å². The molecular weight excluding hydrogens is 266 g/mol. The Bertz CT molecular complexity index is 448. The van der Waals surface area contributed by atoms with Crippen molar-refractivity contribution in [1.29, 1.82) is 0 Å². The minimum atomic E-state index is -0.667. The maximum absolute atomic E-state index is 12.1. The van der Waals surface area contributed by atoms with Gasteiger partial charge in [0.1, 0.15) is 6.04 Å². The third-order valence-corrected chi connectivity index (χ3v) is 3.58. The molecule has 0 aliphatic carbocycles. The quantitative estimate of drug-likeness (QED) is 0.638. The molecule has 0 heterocycles. The zero-order valence-corrected chi connectivity index (χ0v) is 12.8. The van der Waals surface area contributed by atoms with Crippen LogP contribution in [0.25, 0.3) is 0 Å². The number of primary amides is 1. The SMILES string of the molecule is CC[C@H](C)[C@H](NC(N)=O)C(=O)NCCCc1ccccc1. The van der Waals surface area contributed by atoms with E-state index in [2.05, 4.69) is 22.8 Å². The van der Waals surface area contributed by atoms with Crippen molar-refractivity contribution in [2.24, 2.45) is 11.7 Å². The number of benzene rings is 1. The van der Waals surface area contributed by atoms with Crippen molar-refractivity contribution in [3.05, 3.63) is 35.9 Å². The molecule has 0 radical (unpaired) electrons. The minimum absolute atomic E-state index is 0.0478. The molecule has 0 aromatic heterocycles. The lowest BCUT2D eigenvalue weighted by molar-refractivity contribution is -0.124. The second-order valence-electron chi connectivity index (χ2n) is 5.25. The Kier molecular flexibility index (Phi) is 7.29. The highest BCUT2D eigenvalue weighted by molar-refractivity contribution is 5.86. The maximum atomic E-state index is 12.1. The lowest BCUT2D eigenvalue weighted by Crippen LogP contribution is -2.51. The van der Waals surface area contributed by atoms with Gasteiger partial charge in [-0.1, -0.05) is 50.6 Å². The summed E-state index contributed by atoms with van der Waals surface area (Å²) in [5, 5.41) is 5.38. The fraction of sp³-hybridized carbons (Fsp3) is 0.500. The van der Waals surface area contributed by atoms with Gasteiger partial charge < -0.3 is 16.4 Å². The van der Waals surface area contributed by atoms with Gasteiger partial charge in [-0.25, -0.2) is 4.79 Å². The molecular formula is C16H25N3O2. The maximum Gasteiger partial charge on any atom is 0.312 e. The Morgan fingerprint density at radius 3 is 2.48 bits per heavy atom. The van der Waals surface area contributed by atoms with Crippen LogP contribution in [0.4, 0.5) is 4.79 Å². The first-order valence-electron chi connectivity index (χ1n) is 7.42. The Morgan fingerprint density at radius 1 is 1.24 bits per heavy atom. The van der Waals surface area contributed by atoms with Crippen molar-refractivity contribution < 1.29 is 9.59 Å². The topological polar surface area (TPSA) is 84.2 Å². The van der Waals surface area contributed by atoms with Crippen LogP contribution in [-0.2, 0) is 11.2 Å². The zero-order chi connectivity index (χ0) is 15.7. The van der Waals surface area contributed by atoms with Gasteiger partial charge in [-0.2, -0.15) is 0 Å². The number of carbonyl (C=O) groups is 2. The first-order valence-corrected chi connectivity index (χ1v) is 7.42. The van der Waals surface area contributed by atoms with Gasteiger partial charge in [0.2, 0.25) is 5.91 Å². The van der Waals surface area contributed by atoms with Crippen LogP contribution in [0.5, 0.6) is 0 Å². The number of urea groups is 1. The highest BCUT2D eigenvalue weighted by Gasteiger charge is 2.24. The summed E-state index contributed by atoms with van der Waals surface area (Å²) in [6.07, 6.45) is 2.57. The van der Waals surface area contributed by atoms with Gasteiger partial charge in [0.25, 0.3) is 0 Å². The first kappa shape index (κ1) is 17.0. The predicted octanol–water partition coefficient (Wildman–Crippen LogP) is 1.82. The third-order valence-electron chi connectivity index (χ3n) is 3.58. The number of hydrogen-bond acceptors (Lipinski definition) is 2. The summed E-state index contributed by atoms with van der Waals surface area (Å²) < 4.78 is 0. The van der Waals surface area contributed by atoms with Crippen molar-refractivity contribution in [2.75, 3.05) is 6.54 Å². The average molecular weight is 291 g/mol. The van der Waals surface area contributed by atoms with Gasteiger partial charge in [-0.15, -0.1) is 0 Å². The highest BCUT2D eigenvalue weighted by Crippen LogP contribution is 2.08. The summed E-state index contributed by atoms with van der Waals surface area (Å²) in [6, 6.07) is 8.89. The molecule has 0 aliphatic rings. The number of carbonyl (C=O) groups excluding carboxylic acids is 2. The van der Waals surface area contributed by atoms with Crippen LogP contribution in [0.1, 0.15) is 32.3 Å². The van der Waals surface area contributed by atoms with Gasteiger partial charge in [0.05, 0.1) is 0 Å². The monoisotopic (exact) mass is 291 g/mol. The highest BCUT2D eigenvalue weighted by atomic mass is 16.2. The van der Waals surface area contributed by atoms with E-state index in [9.17, 15) is 9.59 Å². The van der Waals surface area contributed by atoms with E-state index in [0.29, 0.717) is 6.54 Å². The molecule has 1 aromatic rings. The van der Waals surface area contributed by atoms with E-state index in [0.717, 1.165) is 19.3 Å². The number of aryl methyl sites for hydroxylation is 1. The van der Waals surface area contributed by atoms with Crippen molar-refractivity contribution in [3.8, 4) is 0 Å². The number of nitrogens with one attached hydrogen (secondary N) is 2. The summed E-state index contributed by atoms with van der Waals surface area (Å²) in [7, 11) is 0. The van der Waals surface area contributed by atoms with Crippen LogP contribution in [0.3, 0.4) is 0 Å². The molecule has 116 valence electrons. The molecule has 4 N–H and O–H groups in total. The van der Waals surface area contributed by atoms with E-state index in [4.69, 9.17) is 5.73 Å². The van der Waals surface area contributed by atoms with E-state index < -0.39 is 12.1 Å². The smallest absolute Gasteiger partial charge is 0.312 e. The van der Waals surface area contributed by atoms with Gasteiger partial charge in [0.15, 0.2) is 0 Å². The van der Waals surface area contributed by atoms with Crippen molar-refractivity contribution >= 4 is 11.9 Å². The van der Waals surface area contributed by atoms with E-state index >= 15 is 0 Å². The summed E-state index contributed by atoms with van der Waals surface area (Å²) in [5.41, 5.74) is 6.37. The second-order valence-corrected chi connectivity index (χ2v) is 5.25. The van der Waals surface area contributed by atoms with E-state index in [-0.39, 0.29) is 11.8 Å². The van der Waals surface area contributed by atoms with Crippen LogP contribution >= 0.6 is 0 Å². The molecule has 0 spiro atoms. The summed E-state index contributed by atoms with van der Waals surface area (Å²) >= 11 is 0. The standard InChI is InChI=1S/C16H25N3O2/c1-3-12(2)14(19-16(17)21)15(20)18-11-7-10-13-8-5-4-6-9-13/h4-6,8-9,12,14H,3,7,10-11H2,1-2H3,(H,18,20)(H3,17,19,21)/t12-,14-/m0/s1. The Morgan fingerprint density at radius 2 is 1.90 bits per heavy atom. The fourth-order valence-corrected chi connectivity index (χ4v) is 2.11. The number of amides is 3. The Balaban J connectivity index is 2.37. The van der Waals surface area contributed by atoms with Gasteiger partial charge >= 0.3 is 6.03 Å². The van der Waals surface area contributed by atoms with Crippen molar-refractivity contribution in [2.45, 2.75) is 39.2 Å². The lowest BCUT2D eigenvalue weighted by atomic mass is 9.98. The third kappa shape index (κ3) is 6.29. The number of nitrogens with two attached hydrogens (primary N) is 1. The summed E-state index contributed by atoms with van der Waals surface area (Å²) in [5.74, 6) is -0.122. The molecule has 21 heavy (non-hydrogen) atoms. The van der Waals surface area contributed by atoms with E-state index in [1.807, 2.05) is 32.0 Å². The van der Waals surface area contributed by atoms with Crippen LogP contribution in [-0.4, -0.2) is 24.5 Å². The van der Waals surface area contributed by atoms with E-state index in [1.54, 1.807) is 0 Å². The molecule has 1 aromatic carbocycles. The second kappa shape index (κ2) is 9.00. The Hall–Kier alpha value is -2.04. The molecule has 3 amide bonds. The molecule has 0 bridgehead atoms. The number of rotatable bonds is 8. The molecule has 0 saturated heterocycles. The largest absolute Gasteiger partial charge is 0.354 e. The molecule has 0 aliphatic heterocycles. The zero-order valence-electron chi connectivity index (χ0n) is 12.8. The molecule has 0 saturated carbocycles. The molecule has 5 heteroatoms. The molecule has 5 nitrogen and oxygen atoms in total. The van der Waals surface area contributed by atoms with Crippen molar-refractivity contribution in [3.63, 3.8) is 0 Å². The molecule has 2 atom stereocenters. The van der Waals surface area contributed by atoms with Crippen LogP contribution in [0.15, 0.2) is 30.3 Å². The molecule has 0 fully saturated rings. The predicted molar refractivity (Wildman–Crippen MR) is 83.7 cm³/mol. The summed E-state index contributed by atoms with van der Waals surface area (Å²) in [6.45, 7) is 4.48. The van der Waals surface area contributed by atoms with Crippen LogP contribution < -0.4 is 16.4 Å². The summed E-state index contributed by atoms with van der Waals surface area (Å²) in [4.78, 5) is 23.1. The van der Waals surface area contributed by atoms with Crippen molar-refractivity contribution in [1.82, 2.24) is 10.6 Å². The Labute approximate surface area is 126 Å². The lowest BCUT2D eigenvalue weighted by Gasteiger charge is -2.22. The van der Waals surface area contributed by atoms with E-state index in [1.165, 1.54) is 5.56 Å². The van der Waals surface area contributed by atoms with Gasteiger partial charge in [-0.05, 0) is 24.3 Å². The molecule has 0 unspecified atom stereocenters.